The maximum Gasteiger partial charge on any atom is 0.298 e. The molecule has 0 bridgehead atoms. The highest BCUT2D eigenvalue weighted by Gasteiger charge is 2.36. The van der Waals surface area contributed by atoms with Crippen molar-refractivity contribution < 1.29 is 18.2 Å². The molecule has 10 nitrogen and oxygen atoms in total. The molecule has 0 aliphatic heterocycles. The van der Waals surface area contributed by atoms with Gasteiger partial charge in [0.25, 0.3) is 13.1 Å². The van der Waals surface area contributed by atoms with Gasteiger partial charge in [0, 0.05) is 31.4 Å². The minimum absolute atomic E-state index is 0.0638. The molecule has 0 fully saturated rings. The highest BCUT2D eigenvalue weighted by molar-refractivity contribution is 9.14. The molecule has 0 saturated heterocycles. The number of hydrogen-bond donors (Lipinski definition) is 0. The Morgan fingerprint density at radius 3 is 1.23 bits per heavy atom. The van der Waals surface area contributed by atoms with E-state index in [9.17, 15) is 9.13 Å². The van der Waals surface area contributed by atoms with Crippen molar-refractivity contribution >= 4 is 44.6 Å². The van der Waals surface area contributed by atoms with Gasteiger partial charge in [-0.1, -0.05) is 83.2 Å². The molecular weight excluding hydrogens is 634 g/mol. The third kappa shape index (κ3) is 7.30. The largest absolute Gasteiger partial charge is 0.311 e. The van der Waals surface area contributed by atoms with Gasteiger partial charge in [-0.15, -0.1) is 10.2 Å². The summed E-state index contributed by atoms with van der Waals surface area (Å²) in [6.07, 6.45) is 3.45. The molecule has 0 radical (unpaired) electrons. The molecule has 222 valence electrons. The first-order chi connectivity index (χ1) is 21.5. The molecule has 2 atom stereocenters. The van der Waals surface area contributed by atoms with Crippen LogP contribution in [-0.2, 0) is 31.4 Å². The summed E-state index contributed by atoms with van der Waals surface area (Å²) in [4.78, 5) is 0. The summed E-state index contributed by atoms with van der Waals surface area (Å²) in [5.41, 5.74) is 2.68. The third-order valence-electron chi connectivity index (χ3n) is 6.26. The summed E-state index contributed by atoms with van der Waals surface area (Å²) in [5.74, 6) is 0. The Bertz CT molecular complexity index is 1760. The summed E-state index contributed by atoms with van der Waals surface area (Å²) in [5, 5.41) is 17.7. The quantitative estimate of drug-likeness (QED) is 0.0948. The summed E-state index contributed by atoms with van der Waals surface area (Å²) in [7, 11) is 1.81. The van der Waals surface area contributed by atoms with Crippen LogP contribution in [0.5, 0.6) is 0 Å². The Labute approximate surface area is 261 Å². The van der Waals surface area contributed by atoms with E-state index < -0.39 is 13.1 Å². The SMILES string of the molecule is O=P(OCc1cn(-c2ccccc2)nn1)(SSP(=O)(OCc1cn(-c2ccccc2)nn1)c1ccccc1)c1ccccc1. The van der Waals surface area contributed by atoms with Gasteiger partial charge in [-0.2, -0.15) is 0 Å². The minimum Gasteiger partial charge on any atom is -0.311 e. The third-order valence-corrected chi connectivity index (χ3v) is 18.7. The summed E-state index contributed by atoms with van der Waals surface area (Å²) >= 11 is 0. The molecule has 6 aromatic rings. The predicted molar refractivity (Wildman–Crippen MR) is 175 cm³/mol. The second-order valence-corrected chi connectivity index (χ2v) is 19.6. The van der Waals surface area contributed by atoms with E-state index in [4.69, 9.17) is 9.05 Å². The molecule has 0 amide bonds. The fraction of sp³-hybridized carbons (Fsp3) is 0.0667. The van der Waals surface area contributed by atoms with Crippen molar-refractivity contribution in [3.63, 3.8) is 0 Å². The van der Waals surface area contributed by atoms with Crippen LogP contribution in [-0.4, -0.2) is 30.0 Å². The molecule has 44 heavy (non-hydrogen) atoms. The van der Waals surface area contributed by atoms with Crippen molar-refractivity contribution in [2.45, 2.75) is 13.2 Å². The molecule has 2 heterocycles. The lowest BCUT2D eigenvalue weighted by Crippen LogP contribution is -2.06. The smallest absolute Gasteiger partial charge is 0.298 e. The van der Waals surface area contributed by atoms with Crippen molar-refractivity contribution in [2.75, 3.05) is 0 Å². The number of nitrogens with zero attached hydrogens (tertiary/aromatic N) is 6. The number of benzene rings is 4. The highest BCUT2D eigenvalue weighted by atomic mass is 33.5. The second kappa shape index (κ2) is 13.9. The van der Waals surface area contributed by atoms with Gasteiger partial charge in [-0.05, 0) is 48.5 Å². The van der Waals surface area contributed by atoms with Crippen molar-refractivity contribution in [2.24, 2.45) is 0 Å². The van der Waals surface area contributed by atoms with Crippen LogP contribution in [0.2, 0.25) is 0 Å². The zero-order valence-electron chi connectivity index (χ0n) is 23.1. The van der Waals surface area contributed by atoms with Gasteiger partial charge in [0.05, 0.1) is 23.8 Å². The zero-order chi connectivity index (χ0) is 30.2. The second-order valence-electron chi connectivity index (χ2n) is 9.34. The van der Waals surface area contributed by atoms with E-state index in [-0.39, 0.29) is 13.2 Å². The van der Waals surface area contributed by atoms with E-state index in [1.807, 2.05) is 72.8 Å². The Morgan fingerprint density at radius 1 is 0.523 bits per heavy atom. The average molecular weight is 661 g/mol. The van der Waals surface area contributed by atoms with E-state index in [1.165, 1.54) is 0 Å². The van der Waals surface area contributed by atoms with E-state index in [1.54, 1.807) is 70.3 Å². The monoisotopic (exact) mass is 660 g/mol. The fourth-order valence-corrected chi connectivity index (χ4v) is 17.4. The van der Waals surface area contributed by atoms with Crippen molar-refractivity contribution in [1.29, 1.82) is 0 Å². The number of aromatic nitrogens is 6. The first kappa shape index (κ1) is 30.3. The van der Waals surface area contributed by atoms with Crippen LogP contribution in [0.4, 0.5) is 0 Å². The Kier molecular flexibility index (Phi) is 9.57. The van der Waals surface area contributed by atoms with Crippen molar-refractivity contribution in [1.82, 2.24) is 30.0 Å². The minimum atomic E-state index is -3.63. The number of hydrogen-bond acceptors (Lipinski definition) is 10. The Hall–Kier alpha value is -3.76. The maximum absolute atomic E-state index is 14.4. The first-order valence-corrected chi connectivity index (χ1v) is 20.0. The Balaban J connectivity index is 1.21. The number of para-hydroxylation sites is 2. The van der Waals surface area contributed by atoms with E-state index in [0.717, 1.165) is 32.2 Å². The lowest BCUT2D eigenvalue weighted by Gasteiger charge is -2.21. The van der Waals surface area contributed by atoms with Gasteiger partial charge in [-0.25, -0.2) is 9.36 Å². The molecule has 6 rings (SSSR count). The molecule has 0 aliphatic rings. The molecule has 4 aromatic carbocycles. The van der Waals surface area contributed by atoms with Crippen LogP contribution in [0, 0.1) is 0 Å². The fourth-order valence-electron chi connectivity index (χ4n) is 4.03. The molecule has 0 aliphatic carbocycles. The lowest BCUT2D eigenvalue weighted by atomic mass is 10.3. The summed E-state index contributed by atoms with van der Waals surface area (Å²) < 4.78 is 44.3. The van der Waals surface area contributed by atoms with Gasteiger partial charge in [0.2, 0.25) is 0 Å². The van der Waals surface area contributed by atoms with Gasteiger partial charge in [0.15, 0.2) is 0 Å². The van der Waals surface area contributed by atoms with Crippen LogP contribution in [0.1, 0.15) is 11.4 Å². The van der Waals surface area contributed by atoms with Crippen LogP contribution in [0.25, 0.3) is 11.4 Å². The van der Waals surface area contributed by atoms with E-state index in [2.05, 4.69) is 20.6 Å². The van der Waals surface area contributed by atoms with Crippen molar-refractivity contribution in [3.8, 4) is 11.4 Å². The Morgan fingerprint density at radius 2 is 0.864 bits per heavy atom. The van der Waals surface area contributed by atoms with Crippen LogP contribution < -0.4 is 10.6 Å². The van der Waals surface area contributed by atoms with Crippen LogP contribution in [0.3, 0.4) is 0 Å². The lowest BCUT2D eigenvalue weighted by molar-refractivity contribution is 0.315. The molecular formula is C30H26N6O4P2S2. The molecule has 2 unspecified atom stereocenters. The number of rotatable bonds is 13. The molecule has 0 spiro atoms. The topological polar surface area (TPSA) is 114 Å². The molecule has 0 saturated carbocycles. The van der Waals surface area contributed by atoms with Gasteiger partial charge < -0.3 is 9.05 Å². The van der Waals surface area contributed by atoms with E-state index in [0.29, 0.717) is 22.0 Å². The maximum atomic E-state index is 14.4. The van der Waals surface area contributed by atoms with Crippen LogP contribution in [0.15, 0.2) is 134 Å². The van der Waals surface area contributed by atoms with Gasteiger partial charge in [-0.3, -0.25) is 9.13 Å². The summed E-state index contributed by atoms with van der Waals surface area (Å²) in [6, 6.07) is 36.8. The molecule has 0 N–H and O–H groups in total. The normalized spacial score (nSPS) is 14.1. The summed E-state index contributed by atoms with van der Waals surface area (Å²) in [6.45, 7) is -7.39. The average Bonchev–Trinajstić information content (AvgIpc) is 3.78. The first-order valence-electron chi connectivity index (χ1n) is 13.4. The van der Waals surface area contributed by atoms with Gasteiger partial charge >= 0.3 is 0 Å². The van der Waals surface area contributed by atoms with Crippen molar-refractivity contribution in [3.05, 3.63) is 145 Å². The molecule has 14 heteroatoms. The standard InChI is InChI=1S/C30H26N6O4P2S2/c37-41(29-17-9-3-10-18-29,39-23-25-21-35(33-31-25)27-13-5-1-6-14-27)43-44-42(38,30-19-11-4-12-20-30)40-24-26-22-36(34-32-26)28-15-7-2-8-16-28/h1-22H,23-24H2. The van der Waals surface area contributed by atoms with Crippen LogP contribution >= 0.6 is 34.0 Å². The zero-order valence-corrected chi connectivity index (χ0v) is 26.6. The van der Waals surface area contributed by atoms with E-state index >= 15 is 0 Å². The highest BCUT2D eigenvalue weighted by Crippen LogP contribution is 2.75. The molecule has 2 aromatic heterocycles. The predicted octanol–water partition coefficient (Wildman–Crippen LogP) is 7.00. The van der Waals surface area contributed by atoms with Gasteiger partial charge in [0.1, 0.15) is 24.6 Å².